The lowest BCUT2D eigenvalue weighted by molar-refractivity contribution is -0.141. The molecule has 35 heavy (non-hydrogen) atoms. The van der Waals surface area contributed by atoms with Gasteiger partial charge in [-0.05, 0) is 50.8 Å². The molecule has 0 aromatic heterocycles. The molecule has 0 bridgehead atoms. The Bertz CT molecular complexity index is 1120. The van der Waals surface area contributed by atoms with E-state index in [1.165, 1.54) is 0 Å². The molecule has 0 aliphatic rings. The van der Waals surface area contributed by atoms with Gasteiger partial charge in [-0.25, -0.2) is 0 Å². The van der Waals surface area contributed by atoms with Crippen molar-refractivity contribution in [2.75, 3.05) is 0 Å². The minimum atomic E-state index is -0.606. The average molecular weight is 471 g/mol. The Morgan fingerprint density at radius 1 is 0.800 bits per heavy atom. The van der Waals surface area contributed by atoms with Gasteiger partial charge in [0.25, 0.3) is 0 Å². The van der Waals surface area contributed by atoms with Crippen LogP contribution in [-0.2, 0) is 29.0 Å². The van der Waals surface area contributed by atoms with Crippen LogP contribution in [0.25, 0.3) is 0 Å². The van der Waals surface area contributed by atoms with E-state index in [1.807, 2.05) is 83.1 Å². The van der Waals surface area contributed by atoms with E-state index in [0.717, 1.165) is 39.8 Å². The van der Waals surface area contributed by atoms with Crippen LogP contribution in [0.3, 0.4) is 0 Å². The van der Waals surface area contributed by atoms with E-state index in [-0.39, 0.29) is 24.3 Å². The van der Waals surface area contributed by atoms with E-state index < -0.39 is 6.04 Å². The molecular formula is C31H38N2O2. The zero-order valence-electron chi connectivity index (χ0n) is 21.7. The molecular weight excluding hydrogens is 432 g/mol. The Morgan fingerprint density at radius 3 is 2.06 bits per heavy atom. The van der Waals surface area contributed by atoms with Gasteiger partial charge in [0.1, 0.15) is 6.04 Å². The lowest BCUT2D eigenvalue weighted by Gasteiger charge is -2.32. The molecule has 2 unspecified atom stereocenters. The summed E-state index contributed by atoms with van der Waals surface area (Å²) in [5.74, 6) is -0.152. The topological polar surface area (TPSA) is 49.4 Å². The number of nitrogens with zero attached hydrogens (tertiary/aromatic N) is 1. The number of amides is 2. The summed E-state index contributed by atoms with van der Waals surface area (Å²) in [7, 11) is 0. The second-order valence-electron chi connectivity index (χ2n) is 9.71. The lowest BCUT2D eigenvalue weighted by atomic mass is 10.00. The van der Waals surface area contributed by atoms with Crippen LogP contribution in [0, 0.1) is 20.8 Å². The monoisotopic (exact) mass is 470 g/mol. The summed E-state index contributed by atoms with van der Waals surface area (Å²) in [6, 6.07) is 23.8. The molecule has 0 radical (unpaired) electrons. The number of carbonyl (C=O) groups is 2. The molecule has 4 nitrogen and oxygen atoms in total. The molecule has 184 valence electrons. The van der Waals surface area contributed by atoms with Gasteiger partial charge >= 0.3 is 0 Å². The molecule has 0 saturated carbocycles. The van der Waals surface area contributed by atoms with E-state index >= 15 is 0 Å². The van der Waals surface area contributed by atoms with Crippen LogP contribution in [0.1, 0.15) is 53.6 Å². The summed E-state index contributed by atoms with van der Waals surface area (Å²) in [5.41, 5.74) is 6.43. The second-order valence-corrected chi connectivity index (χ2v) is 9.71. The third kappa shape index (κ3) is 7.81. The first-order valence-electron chi connectivity index (χ1n) is 12.5. The van der Waals surface area contributed by atoms with Crippen LogP contribution in [-0.4, -0.2) is 28.8 Å². The molecule has 0 spiro atoms. The summed E-state index contributed by atoms with van der Waals surface area (Å²) in [4.78, 5) is 29.2. The van der Waals surface area contributed by atoms with Crippen LogP contribution >= 0.6 is 0 Å². The van der Waals surface area contributed by atoms with Crippen molar-refractivity contribution in [1.82, 2.24) is 10.2 Å². The van der Waals surface area contributed by atoms with Gasteiger partial charge in [-0.1, -0.05) is 96.4 Å². The largest absolute Gasteiger partial charge is 0.352 e. The highest BCUT2D eigenvalue weighted by molar-refractivity contribution is 5.89. The van der Waals surface area contributed by atoms with Crippen LogP contribution < -0.4 is 5.32 Å². The predicted octanol–water partition coefficient (Wildman–Crippen LogP) is 5.71. The molecule has 4 heteroatoms. The molecule has 0 fully saturated rings. The summed E-state index contributed by atoms with van der Waals surface area (Å²) in [6.45, 7) is 10.6. The summed E-state index contributed by atoms with van der Waals surface area (Å²) >= 11 is 0. The third-order valence-corrected chi connectivity index (χ3v) is 6.34. The van der Waals surface area contributed by atoms with Gasteiger partial charge in [-0.3, -0.25) is 9.59 Å². The first-order valence-corrected chi connectivity index (χ1v) is 12.5. The standard InChI is InChI=1S/C31H38N2O2/c1-6-25(5)32-31(35)29(19-26-12-8-7-9-13-26)33(21-27-14-10-11-22(2)16-27)30(34)20-28-17-23(3)15-24(4)18-28/h7-18,25,29H,6,19-21H2,1-5H3,(H,32,35). The third-order valence-electron chi connectivity index (χ3n) is 6.34. The maximum Gasteiger partial charge on any atom is 0.243 e. The molecule has 1 N–H and O–H groups in total. The molecule has 0 aliphatic carbocycles. The highest BCUT2D eigenvalue weighted by atomic mass is 16.2. The van der Waals surface area contributed by atoms with Gasteiger partial charge in [-0.15, -0.1) is 0 Å². The van der Waals surface area contributed by atoms with E-state index in [0.29, 0.717) is 13.0 Å². The number of hydrogen-bond acceptors (Lipinski definition) is 2. The summed E-state index contributed by atoms with van der Waals surface area (Å²) < 4.78 is 0. The minimum Gasteiger partial charge on any atom is -0.352 e. The smallest absolute Gasteiger partial charge is 0.243 e. The summed E-state index contributed by atoms with van der Waals surface area (Å²) in [5, 5.41) is 3.13. The van der Waals surface area contributed by atoms with Crippen molar-refractivity contribution in [1.29, 1.82) is 0 Å². The number of aryl methyl sites for hydroxylation is 3. The first kappa shape index (κ1) is 26.2. The van der Waals surface area contributed by atoms with Crippen LogP contribution in [0.15, 0.2) is 72.8 Å². The number of hydrogen-bond donors (Lipinski definition) is 1. The highest BCUT2D eigenvalue weighted by Gasteiger charge is 2.31. The van der Waals surface area contributed by atoms with Crippen molar-refractivity contribution in [3.05, 3.63) is 106 Å². The molecule has 3 aromatic rings. The van der Waals surface area contributed by atoms with Crippen molar-refractivity contribution < 1.29 is 9.59 Å². The fourth-order valence-corrected chi connectivity index (χ4v) is 4.45. The Balaban J connectivity index is 1.99. The molecule has 0 aliphatic heterocycles. The van der Waals surface area contributed by atoms with Gasteiger partial charge in [-0.2, -0.15) is 0 Å². The van der Waals surface area contributed by atoms with Gasteiger partial charge in [0.05, 0.1) is 6.42 Å². The van der Waals surface area contributed by atoms with E-state index in [9.17, 15) is 9.59 Å². The fraction of sp³-hybridized carbons (Fsp3) is 0.355. The number of rotatable bonds is 10. The highest BCUT2D eigenvalue weighted by Crippen LogP contribution is 2.18. The minimum absolute atomic E-state index is 0.0381. The Labute approximate surface area is 210 Å². The average Bonchev–Trinajstić information content (AvgIpc) is 2.81. The van der Waals surface area contributed by atoms with Crippen LogP contribution in [0.4, 0.5) is 0 Å². The normalized spacial score (nSPS) is 12.6. The predicted molar refractivity (Wildman–Crippen MR) is 143 cm³/mol. The maximum atomic E-state index is 13.9. The second kappa shape index (κ2) is 12.3. The fourth-order valence-electron chi connectivity index (χ4n) is 4.45. The number of benzene rings is 3. The molecule has 3 aromatic carbocycles. The van der Waals surface area contributed by atoms with Gasteiger partial charge < -0.3 is 10.2 Å². The van der Waals surface area contributed by atoms with Gasteiger partial charge in [0.2, 0.25) is 11.8 Å². The van der Waals surface area contributed by atoms with Crippen molar-refractivity contribution in [3.8, 4) is 0 Å². The van der Waals surface area contributed by atoms with Crippen LogP contribution in [0.5, 0.6) is 0 Å². The van der Waals surface area contributed by atoms with Gasteiger partial charge in [0, 0.05) is 19.0 Å². The van der Waals surface area contributed by atoms with E-state index in [1.54, 1.807) is 4.90 Å². The zero-order valence-corrected chi connectivity index (χ0v) is 21.7. The van der Waals surface area contributed by atoms with E-state index in [4.69, 9.17) is 0 Å². The molecule has 0 saturated heterocycles. The lowest BCUT2D eigenvalue weighted by Crippen LogP contribution is -2.52. The number of carbonyl (C=O) groups excluding carboxylic acids is 2. The summed E-state index contributed by atoms with van der Waals surface area (Å²) in [6.07, 6.45) is 1.56. The zero-order chi connectivity index (χ0) is 25.4. The van der Waals surface area contributed by atoms with E-state index in [2.05, 4.69) is 29.6 Å². The van der Waals surface area contributed by atoms with Crippen molar-refractivity contribution >= 4 is 11.8 Å². The molecule has 0 heterocycles. The van der Waals surface area contributed by atoms with Crippen molar-refractivity contribution in [2.24, 2.45) is 0 Å². The Kier molecular flexibility index (Phi) is 9.25. The Hall–Kier alpha value is -3.40. The van der Waals surface area contributed by atoms with Gasteiger partial charge in [0.15, 0.2) is 0 Å². The molecule has 2 amide bonds. The van der Waals surface area contributed by atoms with Crippen molar-refractivity contribution in [3.63, 3.8) is 0 Å². The molecule has 3 rings (SSSR count). The Morgan fingerprint density at radius 2 is 1.43 bits per heavy atom. The maximum absolute atomic E-state index is 13.9. The SMILES string of the molecule is CCC(C)NC(=O)C(Cc1ccccc1)N(Cc1cccc(C)c1)C(=O)Cc1cc(C)cc(C)c1. The van der Waals surface area contributed by atoms with Crippen molar-refractivity contribution in [2.45, 2.75) is 72.5 Å². The quantitative estimate of drug-likeness (QED) is 0.413. The molecule has 2 atom stereocenters. The first-order chi connectivity index (χ1) is 16.7. The van der Waals surface area contributed by atoms with Crippen LogP contribution in [0.2, 0.25) is 0 Å². The number of nitrogens with one attached hydrogen (secondary N) is 1.